The Morgan fingerprint density at radius 2 is 1.79 bits per heavy atom. The average molecular weight is 353 g/mol. The molecule has 4 heteroatoms. The maximum absolute atomic E-state index is 10.7. The third-order valence-electron chi connectivity index (χ3n) is 5.63. The number of hydrogen-bond donors (Lipinski definition) is 2. The zero-order chi connectivity index (χ0) is 15.9. The number of piperidine rings is 1. The highest BCUT2D eigenvalue weighted by molar-refractivity contribution is 5.85. The molecule has 1 aromatic rings. The van der Waals surface area contributed by atoms with E-state index in [1.54, 1.807) is 0 Å². The Morgan fingerprint density at radius 1 is 1.04 bits per heavy atom. The molecule has 136 valence electrons. The van der Waals surface area contributed by atoms with E-state index in [-0.39, 0.29) is 18.5 Å². The van der Waals surface area contributed by atoms with E-state index in [1.807, 2.05) is 18.2 Å². The predicted octanol–water partition coefficient (Wildman–Crippen LogP) is 3.78. The molecule has 0 saturated carbocycles. The van der Waals surface area contributed by atoms with Gasteiger partial charge in [-0.25, -0.2) is 0 Å². The fourth-order valence-electron chi connectivity index (χ4n) is 4.21. The Hall–Kier alpha value is -0.610. The molecule has 2 aliphatic heterocycles. The van der Waals surface area contributed by atoms with Crippen molar-refractivity contribution in [1.29, 1.82) is 0 Å². The molecule has 3 rings (SSSR count). The Labute approximate surface area is 153 Å². The molecule has 24 heavy (non-hydrogen) atoms. The summed E-state index contributed by atoms with van der Waals surface area (Å²) in [6, 6.07) is 10.7. The fourth-order valence-corrected chi connectivity index (χ4v) is 4.21. The number of nitrogens with zero attached hydrogens (tertiary/aromatic N) is 1. The van der Waals surface area contributed by atoms with E-state index in [2.05, 4.69) is 22.3 Å². The predicted molar refractivity (Wildman–Crippen MR) is 103 cm³/mol. The summed E-state index contributed by atoms with van der Waals surface area (Å²) in [5, 5.41) is 14.1. The second-order valence-corrected chi connectivity index (χ2v) is 7.35. The zero-order valence-corrected chi connectivity index (χ0v) is 15.5. The quantitative estimate of drug-likeness (QED) is 0.846. The summed E-state index contributed by atoms with van der Waals surface area (Å²) in [4.78, 5) is 2.70. The van der Waals surface area contributed by atoms with E-state index >= 15 is 0 Å². The van der Waals surface area contributed by atoms with Crippen LogP contribution in [0.2, 0.25) is 0 Å². The molecule has 1 aromatic carbocycles. The van der Waals surface area contributed by atoms with Gasteiger partial charge in [0.2, 0.25) is 0 Å². The van der Waals surface area contributed by atoms with Crippen LogP contribution in [0.25, 0.3) is 0 Å². The minimum atomic E-state index is -0.324. The number of halogens is 1. The van der Waals surface area contributed by atoms with E-state index in [4.69, 9.17) is 0 Å². The van der Waals surface area contributed by atoms with Crippen molar-refractivity contribution >= 4 is 12.4 Å². The molecule has 2 atom stereocenters. The van der Waals surface area contributed by atoms with Crippen molar-refractivity contribution in [1.82, 2.24) is 10.2 Å². The van der Waals surface area contributed by atoms with Gasteiger partial charge in [-0.2, -0.15) is 0 Å². The molecule has 0 aromatic heterocycles. The summed E-state index contributed by atoms with van der Waals surface area (Å²) in [5.74, 6) is 0.839. The van der Waals surface area contributed by atoms with E-state index < -0.39 is 0 Å². The number of rotatable bonds is 5. The van der Waals surface area contributed by atoms with Gasteiger partial charge in [-0.3, -0.25) is 0 Å². The Kier molecular flexibility index (Phi) is 8.54. The average Bonchev–Trinajstić information content (AvgIpc) is 2.82. The highest BCUT2D eigenvalue weighted by Gasteiger charge is 2.26. The van der Waals surface area contributed by atoms with Crippen LogP contribution in [-0.2, 0) is 0 Å². The van der Waals surface area contributed by atoms with E-state index in [9.17, 15) is 5.11 Å². The lowest BCUT2D eigenvalue weighted by Crippen LogP contribution is -2.42. The number of nitrogens with one attached hydrogen (secondary N) is 1. The standard InChI is InChI=1S/C20H32N2O.ClH/c23-20(18-7-3-1-4-8-18)15-19-9-5-2-6-14-22(19)16-17-10-12-21-13-11-17;/h1,3-4,7-8,17,19-21,23H,2,5-6,9-16H2;1H. The van der Waals surface area contributed by atoms with Gasteiger partial charge in [0.05, 0.1) is 6.10 Å². The first kappa shape index (κ1) is 19.7. The van der Waals surface area contributed by atoms with Crippen molar-refractivity contribution in [3.8, 4) is 0 Å². The van der Waals surface area contributed by atoms with Crippen LogP contribution >= 0.6 is 12.4 Å². The van der Waals surface area contributed by atoms with Crippen molar-refractivity contribution < 1.29 is 5.11 Å². The van der Waals surface area contributed by atoms with E-state index in [1.165, 1.54) is 64.7 Å². The zero-order valence-electron chi connectivity index (χ0n) is 14.7. The summed E-state index contributed by atoms with van der Waals surface area (Å²) in [6.07, 6.45) is 8.41. The topological polar surface area (TPSA) is 35.5 Å². The lowest BCUT2D eigenvalue weighted by atomic mass is 9.94. The highest BCUT2D eigenvalue weighted by Crippen LogP contribution is 2.28. The molecule has 2 N–H and O–H groups in total. The summed E-state index contributed by atoms with van der Waals surface area (Å²) < 4.78 is 0. The summed E-state index contributed by atoms with van der Waals surface area (Å²) in [6.45, 7) is 4.80. The molecule has 0 bridgehead atoms. The molecule has 3 nitrogen and oxygen atoms in total. The highest BCUT2D eigenvalue weighted by atomic mass is 35.5. The molecule has 0 radical (unpaired) electrons. The summed E-state index contributed by atoms with van der Waals surface area (Å²) >= 11 is 0. The van der Waals surface area contributed by atoms with Crippen molar-refractivity contribution in [2.24, 2.45) is 5.92 Å². The third kappa shape index (κ3) is 5.73. The van der Waals surface area contributed by atoms with Gasteiger partial charge in [0, 0.05) is 12.6 Å². The molecule has 2 fully saturated rings. The van der Waals surface area contributed by atoms with Crippen molar-refractivity contribution in [3.63, 3.8) is 0 Å². The lowest BCUT2D eigenvalue weighted by Gasteiger charge is -2.35. The minimum Gasteiger partial charge on any atom is -0.388 e. The molecule has 0 amide bonds. The maximum Gasteiger partial charge on any atom is 0.0805 e. The van der Waals surface area contributed by atoms with Crippen molar-refractivity contribution in [3.05, 3.63) is 35.9 Å². The Bertz CT molecular complexity index is 450. The van der Waals surface area contributed by atoms with Crippen LogP contribution in [0.1, 0.15) is 56.6 Å². The van der Waals surface area contributed by atoms with E-state index in [0.29, 0.717) is 6.04 Å². The Morgan fingerprint density at radius 3 is 2.54 bits per heavy atom. The first-order valence-electron chi connectivity index (χ1n) is 9.50. The van der Waals surface area contributed by atoms with Crippen molar-refractivity contribution in [2.45, 2.75) is 57.1 Å². The van der Waals surface area contributed by atoms with Gasteiger partial charge in [0.1, 0.15) is 0 Å². The third-order valence-corrected chi connectivity index (χ3v) is 5.63. The van der Waals surface area contributed by atoms with Crippen LogP contribution in [0, 0.1) is 5.92 Å². The molecule has 0 aliphatic carbocycles. The number of benzene rings is 1. The second-order valence-electron chi connectivity index (χ2n) is 7.35. The number of likely N-dealkylation sites (tertiary alicyclic amines) is 1. The smallest absolute Gasteiger partial charge is 0.0805 e. The largest absolute Gasteiger partial charge is 0.388 e. The van der Waals surface area contributed by atoms with Gasteiger partial charge in [0.15, 0.2) is 0 Å². The molecule has 2 unspecified atom stereocenters. The van der Waals surface area contributed by atoms with Gasteiger partial charge in [-0.15, -0.1) is 12.4 Å². The lowest BCUT2D eigenvalue weighted by molar-refractivity contribution is 0.0875. The first-order valence-corrected chi connectivity index (χ1v) is 9.50. The number of aliphatic hydroxyl groups excluding tert-OH is 1. The van der Waals surface area contributed by atoms with Crippen LogP contribution in [0.15, 0.2) is 30.3 Å². The fraction of sp³-hybridized carbons (Fsp3) is 0.700. The minimum absolute atomic E-state index is 0. The first-order chi connectivity index (χ1) is 11.3. The van der Waals surface area contributed by atoms with Crippen LogP contribution < -0.4 is 5.32 Å². The number of hydrogen-bond acceptors (Lipinski definition) is 3. The summed E-state index contributed by atoms with van der Waals surface area (Å²) in [7, 11) is 0. The van der Waals surface area contributed by atoms with Gasteiger partial charge >= 0.3 is 0 Å². The van der Waals surface area contributed by atoms with Gasteiger partial charge < -0.3 is 15.3 Å². The molecule has 2 heterocycles. The number of aliphatic hydroxyl groups is 1. The van der Waals surface area contributed by atoms with Gasteiger partial charge in [-0.1, -0.05) is 43.2 Å². The van der Waals surface area contributed by atoms with Crippen LogP contribution in [0.4, 0.5) is 0 Å². The monoisotopic (exact) mass is 352 g/mol. The van der Waals surface area contributed by atoms with Gasteiger partial charge in [0.25, 0.3) is 0 Å². The molecule has 0 spiro atoms. The molecule has 2 saturated heterocycles. The van der Waals surface area contributed by atoms with Gasteiger partial charge in [-0.05, 0) is 63.2 Å². The SMILES string of the molecule is Cl.OC(CC1CCCCCN1CC1CCNCC1)c1ccccc1. The van der Waals surface area contributed by atoms with Crippen LogP contribution in [-0.4, -0.2) is 42.2 Å². The Balaban J connectivity index is 0.00000208. The van der Waals surface area contributed by atoms with Crippen molar-refractivity contribution in [2.75, 3.05) is 26.2 Å². The molecular weight excluding hydrogens is 320 g/mol. The second kappa shape index (κ2) is 10.4. The van der Waals surface area contributed by atoms with Crippen LogP contribution in [0.5, 0.6) is 0 Å². The molecule has 2 aliphatic rings. The molecular formula is C20H33ClN2O. The maximum atomic E-state index is 10.7. The van der Waals surface area contributed by atoms with E-state index in [0.717, 1.165) is 17.9 Å². The normalized spacial score (nSPS) is 24.8. The van der Waals surface area contributed by atoms with Crippen LogP contribution in [0.3, 0.4) is 0 Å². The summed E-state index contributed by atoms with van der Waals surface area (Å²) in [5.41, 5.74) is 1.07.